The molecule has 2 aromatic carbocycles. The zero-order chi connectivity index (χ0) is 16.9. The highest BCUT2D eigenvalue weighted by Crippen LogP contribution is 2.29. The third-order valence-electron chi connectivity index (χ3n) is 4.61. The van der Waals surface area contributed by atoms with E-state index in [0.29, 0.717) is 0 Å². The van der Waals surface area contributed by atoms with Crippen molar-refractivity contribution in [1.29, 1.82) is 0 Å². The van der Waals surface area contributed by atoms with Crippen molar-refractivity contribution in [3.05, 3.63) is 71.8 Å². The van der Waals surface area contributed by atoms with Gasteiger partial charge in [-0.25, -0.2) is 0 Å². The maximum atomic E-state index is 12.1. The summed E-state index contributed by atoms with van der Waals surface area (Å²) >= 11 is 0. The zero-order valence-corrected chi connectivity index (χ0v) is 14.1. The molecule has 1 aliphatic heterocycles. The maximum absolute atomic E-state index is 12.1. The second-order valence-corrected chi connectivity index (χ2v) is 6.37. The number of rotatable bonds is 4. The minimum Gasteiger partial charge on any atom is -0.339 e. The van der Waals surface area contributed by atoms with Crippen molar-refractivity contribution < 1.29 is 4.79 Å². The van der Waals surface area contributed by atoms with Crippen molar-refractivity contribution >= 4 is 5.91 Å². The van der Waals surface area contributed by atoms with E-state index in [0.717, 1.165) is 26.2 Å². The van der Waals surface area contributed by atoms with Crippen LogP contribution in [0.2, 0.25) is 0 Å². The largest absolute Gasteiger partial charge is 0.339 e. The molecule has 3 rings (SSSR count). The van der Waals surface area contributed by atoms with Crippen LogP contribution in [0.4, 0.5) is 0 Å². The Morgan fingerprint density at radius 3 is 1.75 bits per heavy atom. The Balaban J connectivity index is 1.80. The SMILES string of the molecule is CC(N)C(=O)N1CCN(C(c2ccccc2)c2ccccc2)CC1. The number of hydrogen-bond acceptors (Lipinski definition) is 3. The van der Waals surface area contributed by atoms with Gasteiger partial charge in [-0.15, -0.1) is 0 Å². The highest BCUT2D eigenvalue weighted by Gasteiger charge is 2.28. The first-order valence-electron chi connectivity index (χ1n) is 8.55. The second-order valence-electron chi connectivity index (χ2n) is 6.37. The predicted octanol–water partition coefficient (Wildman–Crippen LogP) is 2.27. The summed E-state index contributed by atoms with van der Waals surface area (Å²) < 4.78 is 0. The number of nitrogens with two attached hydrogens (primary N) is 1. The average Bonchev–Trinajstić information content (AvgIpc) is 2.64. The standard InChI is InChI=1S/C20H25N3O/c1-16(21)20(24)23-14-12-22(13-15-23)19(17-8-4-2-5-9-17)18-10-6-3-7-11-18/h2-11,16,19H,12-15,21H2,1H3. The molecule has 0 aliphatic carbocycles. The topological polar surface area (TPSA) is 49.6 Å². The minimum atomic E-state index is -0.421. The monoisotopic (exact) mass is 323 g/mol. The molecule has 1 amide bonds. The molecule has 0 spiro atoms. The van der Waals surface area contributed by atoms with E-state index in [2.05, 4.69) is 53.4 Å². The molecular weight excluding hydrogens is 298 g/mol. The Labute approximate surface area is 143 Å². The lowest BCUT2D eigenvalue weighted by Crippen LogP contribution is -2.53. The summed E-state index contributed by atoms with van der Waals surface area (Å²) in [7, 11) is 0. The van der Waals surface area contributed by atoms with Gasteiger partial charge in [-0.05, 0) is 18.1 Å². The lowest BCUT2D eigenvalue weighted by molar-refractivity contribution is -0.134. The fraction of sp³-hybridized carbons (Fsp3) is 0.350. The van der Waals surface area contributed by atoms with Gasteiger partial charge < -0.3 is 10.6 Å². The van der Waals surface area contributed by atoms with Gasteiger partial charge in [-0.3, -0.25) is 9.69 Å². The summed E-state index contributed by atoms with van der Waals surface area (Å²) in [6.45, 7) is 4.93. The van der Waals surface area contributed by atoms with Gasteiger partial charge in [0.15, 0.2) is 0 Å². The van der Waals surface area contributed by atoms with Gasteiger partial charge in [0.25, 0.3) is 0 Å². The van der Waals surface area contributed by atoms with Crippen LogP contribution >= 0.6 is 0 Å². The lowest BCUT2D eigenvalue weighted by atomic mass is 9.96. The molecule has 1 fully saturated rings. The Morgan fingerprint density at radius 2 is 1.33 bits per heavy atom. The van der Waals surface area contributed by atoms with E-state index < -0.39 is 6.04 Å². The molecule has 1 atom stereocenters. The molecule has 0 saturated carbocycles. The van der Waals surface area contributed by atoms with E-state index in [4.69, 9.17) is 5.73 Å². The minimum absolute atomic E-state index is 0.0469. The van der Waals surface area contributed by atoms with Crippen LogP contribution < -0.4 is 5.73 Å². The van der Waals surface area contributed by atoms with E-state index in [1.807, 2.05) is 17.0 Å². The first-order valence-corrected chi connectivity index (χ1v) is 8.55. The average molecular weight is 323 g/mol. The van der Waals surface area contributed by atoms with E-state index in [1.54, 1.807) is 6.92 Å². The molecular formula is C20H25N3O. The van der Waals surface area contributed by atoms with E-state index in [-0.39, 0.29) is 11.9 Å². The van der Waals surface area contributed by atoms with Crippen LogP contribution in [0.1, 0.15) is 24.1 Å². The van der Waals surface area contributed by atoms with Crippen LogP contribution in [0.15, 0.2) is 60.7 Å². The normalized spacial score (nSPS) is 17.0. The van der Waals surface area contributed by atoms with Crippen molar-refractivity contribution in [2.45, 2.75) is 19.0 Å². The highest BCUT2D eigenvalue weighted by atomic mass is 16.2. The van der Waals surface area contributed by atoms with Gasteiger partial charge in [0, 0.05) is 26.2 Å². The van der Waals surface area contributed by atoms with Crippen LogP contribution in [0.5, 0.6) is 0 Å². The van der Waals surface area contributed by atoms with Crippen molar-refractivity contribution in [2.24, 2.45) is 5.73 Å². The maximum Gasteiger partial charge on any atom is 0.239 e. The van der Waals surface area contributed by atoms with Crippen LogP contribution in [0, 0.1) is 0 Å². The van der Waals surface area contributed by atoms with Gasteiger partial charge in [0.05, 0.1) is 12.1 Å². The number of amides is 1. The number of piperazine rings is 1. The lowest BCUT2D eigenvalue weighted by Gasteiger charge is -2.40. The summed E-state index contributed by atoms with van der Waals surface area (Å²) in [5, 5.41) is 0. The van der Waals surface area contributed by atoms with Crippen LogP contribution in [-0.2, 0) is 4.79 Å². The quantitative estimate of drug-likeness (QED) is 0.939. The Morgan fingerprint density at radius 1 is 0.875 bits per heavy atom. The first-order chi connectivity index (χ1) is 11.7. The molecule has 0 bridgehead atoms. The van der Waals surface area contributed by atoms with Crippen LogP contribution in [0.3, 0.4) is 0 Å². The molecule has 0 aromatic heterocycles. The Bertz CT molecular complexity index is 610. The van der Waals surface area contributed by atoms with Gasteiger partial charge in [0.1, 0.15) is 0 Å². The van der Waals surface area contributed by atoms with Gasteiger partial charge in [-0.1, -0.05) is 60.7 Å². The van der Waals surface area contributed by atoms with Gasteiger partial charge >= 0.3 is 0 Å². The fourth-order valence-corrected chi connectivity index (χ4v) is 3.37. The van der Waals surface area contributed by atoms with Crippen LogP contribution in [-0.4, -0.2) is 47.9 Å². The van der Waals surface area contributed by atoms with E-state index in [9.17, 15) is 4.79 Å². The molecule has 1 heterocycles. The van der Waals surface area contributed by atoms with Crippen molar-refractivity contribution in [1.82, 2.24) is 9.80 Å². The van der Waals surface area contributed by atoms with Crippen molar-refractivity contribution in [3.63, 3.8) is 0 Å². The summed E-state index contributed by atoms with van der Waals surface area (Å²) in [5.74, 6) is 0.0469. The molecule has 4 heteroatoms. The third kappa shape index (κ3) is 3.66. The molecule has 126 valence electrons. The molecule has 1 saturated heterocycles. The summed E-state index contributed by atoms with van der Waals surface area (Å²) in [6.07, 6.45) is 0. The van der Waals surface area contributed by atoms with E-state index >= 15 is 0 Å². The Kier molecular flexibility index (Phi) is 5.28. The summed E-state index contributed by atoms with van der Waals surface area (Å²) in [5.41, 5.74) is 8.31. The number of benzene rings is 2. The zero-order valence-electron chi connectivity index (χ0n) is 14.1. The Hall–Kier alpha value is -2.17. The highest BCUT2D eigenvalue weighted by molar-refractivity contribution is 5.81. The van der Waals surface area contributed by atoms with E-state index in [1.165, 1.54) is 11.1 Å². The molecule has 4 nitrogen and oxygen atoms in total. The van der Waals surface area contributed by atoms with Gasteiger partial charge in [0.2, 0.25) is 5.91 Å². The molecule has 2 aromatic rings. The second kappa shape index (κ2) is 7.60. The molecule has 1 unspecified atom stereocenters. The molecule has 24 heavy (non-hydrogen) atoms. The molecule has 2 N–H and O–H groups in total. The predicted molar refractivity (Wildman–Crippen MR) is 96.5 cm³/mol. The first kappa shape index (κ1) is 16.7. The van der Waals surface area contributed by atoms with Crippen LogP contribution in [0.25, 0.3) is 0 Å². The fourth-order valence-electron chi connectivity index (χ4n) is 3.37. The third-order valence-corrected chi connectivity index (χ3v) is 4.61. The number of nitrogens with zero attached hydrogens (tertiary/aromatic N) is 2. The summed E-state index contributed by atoms with van der Waals surface area (Å²) in [4.78, 5) is 16.4. The van der Waals surface area contributed by atoms with Crippen molar-refractivity contribution in [3.8, 4) is 0 Å². The van der Waals surface area contributed by atoms with Crippen molar-refractivity contribution in [2.75, 3.05) is 26.2 Å². The smallest absolute Gasteiger partial charge is 0.239 e. The number of carbonyl (C=O) groups excluding carboxylic acids is 1. The van der Waals surface area contributed by atoms with Gasteiger partial charge in [-0.2, -0.15) is 0 Å². The molecule has 1 aliphatic rings. The summed E-state index contributed by atoms with van der Waals surface area (Å²) in [6, 6.07) is 20.9. The number of carbonyl (C=O) groups is 1. The molecule has 0 radical (unpaired) electrons. The number of hydrogen-bond donors (Lipinski definition) is 1.